The highest BCUT2D eigenvalue weighted by molar-refractivity contribution is 6.26. The molecule has 2 aliphatic heterocycles. The minimum Gasteiger partial charge on any atom is -0.480 e. The molecular formula is C37H55N3O16. The molecule has 0 spiro atoms. The fourth-order valence-electron chi connectivity index (χ4n) is 5.42. The summed E-state index contributed by atoms with van der Waals surface area (Å²) in [6.45, 7) is 6.84. The van der Waals surface area contributed by atoms with Crippen LogP contribution in [-0.2, 0) is 61.8 Å². The number of carboxylic acid groups (broad SMARTS) is 1. The van der Waals surface area contributed by atoms with Gasteiger partial charge in [0.25, 0.3) is 11.8 Å². The number of carboxylic acids is 1. The third-order valence-electron chi connectivity index (χ3n) is 8.14. The number of carbonyl (C=O) groups is 6. The second kappa shape index (κ2) is 28.5. The van der Waals surface area contributed by atoms with Gasteiger partial charge in [-0.15, -0.1) is 0 Å². The second-order valence-electron chi connectivity index (χ2n) is 12.4. The van der Waals surface area contributed by atoms with Crippen molar-refractivity contribution in [2.24, 2.45) is 0 Å². The Morgan fingerprint density at radius 1 is 0.643 bits per heavy atom. The molecular weight excluding hydrogens is 742 g/mol. The number of piperidine rings is 1. The van der Waals surface area contributed by atoms with E-state index in [0.29, 0.717) is 112 Å². The molecule has 2 aliphatic rings. The SMILES string of the molecule is O=C(O)COCCOCCOCCOCCOCCOCCOCCOCCOCCCCCC(=O)Nc1cccc2c1C(=O)N(C1CCC(=O)NC1=O)C2=O. The first-order valence-electron chi connectivity index (χ1n) is 18.9. The fraction of sp³-hybridized carbons (Fsp3) is 0.676. The van der Waals surface area contributed by atoms with Gasteiger partial charge in [-0.2, -0.15) is 0 Å². The predicted octanol–water partition coefficient (Wildman–Crippen LogP) is 0.821. The quantitative estimate of drug-likeness (QED) is 0.0647. The number of ether oxygens (including phenoxy) is 9. The van der Waals surface area contributed by atoms with E-state index in [0.717, 1.165) is 17.7 Å². The van der Waals surface area contributed by atoms with Gasteiger partial charge in [-0.05, 0) is 31.4 Å². The van der Waals surface area contributed by atoms with Crippen molar-refractivity contribution >= 4 is 41.2 Å². The molecule has 3 rings (SSSR count). The highest BCUT2D eigenvalue weighted by atomic mass is 16.6. The lowest BCUT2D eigenvalue weighted by Gasteiger charge is -2.27. The number of benzene rings is 1. The van der Waals surface area contributed by atoms with E-state index < -0.39 is 35.6 Å². The zero-order chi connectivity index (χ0) is 40.2. The molecule has 1 saturated heterocycles. The molecule has 1 aromatic carbocycles. The van der Waals surface area contributed by atoms with Crippen LogP contribution in [0, 0.1) is 0 Å². The second-order valence-corrected chi connectivity index (χ2v) is 12.4. The number of unbranched alkanes of at least 4 members (excludes halogenated alkanes) is 2. The number of rotatable bonds is 34. The average molecular weight is 798 g/mol. The molecule has 0 aromatic heterocycles. The van der Waals surface area contributed by atoms with Crippen molar-refractivity contribution in [3.05, 3.63) is 29.3 Å². The average Bonchev–Trinajstić information content (AvgIpc) is 3.43. The Morgan fingerprint density at radius 2 is 1.12 bits per heavy atom. The number of imide groups is 2. The molecule has 1 atom stereocenters. The van der Waals surface area contributed by atoms with Crippen LogP contribution in [0.4, 0.5) is 5.69 Å². The molecule has 1 unspecified atom stereocenters. The van der Waals surface area contributed by atoms with Crippen molar-refractivity contribution in [3.63, 3.8) is 0 Å². The first-order chi connectivity index (χ1) is 27.3. The molecule has 1 aromatic rings. The van der Waals surface area contributed by atoms with Crippen LogP contribution in [-0.4, -0.2) is 170 Å². The van der Waals surface area contributed by atoms with Crippen molar-refractivity contribution in [1.29, 1.82) is 0 Å². The number of nitrogens with one attached hydrogen (secondary N) is 2. The molecule has 0 saturated carbocycles. The van der Waals surface area contributed by atoms with Gasteiger partial charge in [0.05, 0.1) is 123 Å². The maximum absolute atomic E-state index is 13.2. The molecule has 0 aliphatic carbocycles. The van der Waals surface area contributed by atoms with Crippen LogP contribution in [0.2, 0.25) is 0 Å². The van der Waals surface area contributed by atoms with E-state index in [9.17, 15) is 28.8 Å². The van der Waals surface area contributed by atoms with E-state index in [1.807, 2.05) is 0 Å². The highest BCUT2D eigenvalue weighted by Gasteiger charge is 2.45. The van der Waals surface area contributed by atoms with Crippen molar-refractivity contribution < 1.29 is 76.5 Å². The molecule has 0 bridgehead atoms. The van der Waals surface area contributed by atoms with Gasteiger partial charge in [-0.1, -0.05) is 12.5 Å². The van der Waals surface area contributed by atoms with E-state index in [-0.39, 0.29) is 55.2 Å². The minimum atomic E-state index is -1.08. The van der Waals surface area contributed by atoms with Crippen LogP contribution in [0.15, 0.2) is 18.2 Å². The third kappa shape index (κ3) is 18.4. The van der Waals surface area contributed by atoms with Crippen LogP contribution in [0.25, 0.3) is 0 Å². The summed E-state index contributed by atoms with van der Waals surface area (Å²) in [5.74, 6) is -3.75. The van der Waals surface area contributed by atoms with Gasteiger partial charge in [0, 0.05) is 19.4 Å². The number of carbonyl (C=O) groups excluding carboxylic acids is 5. The van der Waals surface area contributed by atoms with Crippen molar-refractivity contribution in [3.8, 4) is 0 Å². The molecule has 19 heteroatoms. The number of anilines is 1. The van der Waals surface area contributed by atoms with Crippen LogP contribution in [0.5, 0.6) is 0 Å². The predicted molar refractivity (Wildman–Crippen MR) is 195 cm³/mol. The van der Waals surface area contributed by atoms with Gasteiger partial charge >= 0.3 is 5.97 Å². The Bertz CT molecular complexity index is 1380. The summed E-state index contributed by atoms with van der Waals surface area (Å²) in [4.78, 5) is 73.8. The summed E-state index contributed by atoms with van der Waals surface area (Å²) in [5.41, 5.74) is 0.367. The first-order valence-corrected chi connectivity index (χ1v) is 18.9. The number of fused-ring (bicyclic) bond motifs is 1. The largest absolute Gasteiger partial charge is 0.480 e. The lowest BCUT2D eigenvalue weighted by atomic mass is 10.0. The lowest BCUT2D eigenvalue weighted by Crippen LogP contribution is -2.54. The zero-order valence-corrected chi connectivity index (χ0v) is 31.8. The van der Waals surface area contributed by atoms with E-state index in [1.165, 1.54) is 6.07 Å². The Balaban J connectivity index is 1.04. The van der Waals surface area contributed by atoms with Gasteiger partial charge in [-0.3, -0.25) is 34.2 Å². The van der Waals surface area contributed by atoms with Crippen LogP contribution >= 0.6 is 0 Å². The maximum atomic E-state index is 13.2. The van der Waals surface area contributed by atoms with Gasteiger partial charge in [-0.25, -0.2) is 4.79 Å². The third-order valence-corrected chi connectivity index (χ3v) is 8.14. The first kappa shape index (κ1) is 46.5. The molecule has 56 heavy (non-hydrogen) atoms. The summed E-state index contributed by atoms with van der Waals surface area (Å²) < 4.78 is 48.3. The number of aliphatic carboxylic acids is 1. The minimum absolute atomic E-state index is 0.0244. The van der Waals surface area contributed by atoms with Crippen molar-refractivity contribution in [2.45, 2.75) is 44.6 Å². The molecule has 3 N–H and O–H groups in total. The van der Waals surface area contributed by atoms with Crippen LogP contribution < -0.4 is 10.6 Å². The molecule has 2 heterocycles. The molecule has 19 nitrogen and oxygen atoms in total. The number of amides is 5. The Kier molecular flexibility index (Phi) is 23.6. The monoisotopic (exact) mass is 797 g/mol. The van der Waals surface area contributed by atoms with E-state index >= 15 is 0 Å². The smallest absolute Gasteiger partial charge is 0.329 e. The van der Waals surface area contributed by atoms with Crippen LogP contribution in [0.1, 0.15) is 59.2 Å². The van der Waals surface area contributed by atoms with E-state index in [1.54, 1.807) is 12.1 Å². The molecule has 1 fully saturated rings. The molecule has 0 radical (unpaired) electrons. The van der Waals surface area contributed by atoms with Gasteiger partial charge < -0.3 is 53.1 Å². The Labute approximate surface area is 325 Å². The summed E-state index contributed by atoms with van der Waals surface area (Å²) >= 11 is 0. The van der Waals surface area contributed by atoms with E-state index in [2.05, 4.69) is 10.6 Å². The lowest BCUT2D eigenvalue weighted by molar-refractivity contribution is -0.143. The standard InChI is InChI=1S/C37H55N3O16/c41-31(38-29-6-4-5-28-34(29)37(47)40(36(28)46)30-8-9-32(42)39-35(30)45)7-2-1-3-10-48-11-12-49-13-14-50-15-16-51-17-18-52-19-20-53-21-22-54-23-24-55-25-26-56-27-33(43)44/h4-6,30H,1-3,7-27H2,(H,38,41)(H,43,44)(H,39,42,45). The Morgan fingerprint density at radius 3 is 1.61 bits per heavy atom. The van der Waals surface area contributed by atoms with Crippen molar-refractivity contribution in [2.75, 3.05) is 124 Å². The fourth-order valence-corrected chi connectivity index (χ4v) is 5.42. The summed E-state index contributed by atoms with van der Waals surface area (Å²) in [6, 6.07) is 3.51. The number of hydrogen-bond donors (Lipinski definition) is 3. The Hall–Kier alpha value is -3.92. The number of nitrogens with zero attached hydrogens (tertiary/aromatic N) is 1. The summed E-state index contributed by atoms with van der Waals surface area (Å²) in [6.07, 6.45) is 2.42. The van der Waals surface area contributed by atoms with Gasteiger partial charge in [0.2, 0.25) is 17.7 Å². The highest BCUT2D eigenvalue weighted by Crippen LogP contribution is 2.32. The summed E-state index contributed by atoms with van der Waals surface area (Å²) in [7, 11) is 0. The molecule has 314 valence electrons. The molecule has 5 amide bonds. The summed E-state index contributed by atoms with van der Waals surface area (Å²) in [5, 5.41) is 13.3. The van der Waals surface area contributed by atoms with Gasteiger partial charge in [0.15, 0.2) is 0 Å². The van der Waals surface area contributed by atoms with Crippen LogP contribution in [0.3, 0.4) is 0 Å². The van der Waals surface area contributed by atoms with E-state index in [4.69, 9.17) is 47.7 Å². The van der Waals surface area contributed by atoms with Crippen molar-refractivity contribution in [1.82, 2.24) is 10.2 Å². The topological polar surface area (TPSA) is 233 Å². The number of hydrogen-bond acceptors (Lipinski definition) is 15. The zero-order valence-electron chi connectivity index (χ0n) is 31.8. The normalized spacial score (nSPS) is 15.4. The van der Waals surface area contributed by atoms with Gasteiger partial charge in [0.1, 0.15) is 12.6 Å². The maximum Gasteiger partial charge on any atom is 0.329 e.